The number of nitrogens with zero attached hydrogens (tertiary/aromatic N) is 1. The fourth-order valence-electron chi connectivity index (χ4n) is 1.47. The molecule has 0 bridgehead atoms. The van der Waals surface area contributed by atoms with Gasteiger partial charge in [0.1, 0.15) is 6.07 Å². The van der Waals surface area contributed by atoms with Gasteiger partial charge in [-0.05, 0) is 25.3 Å². The van der Waals surface area contributed by atoms with Crippen LogP contribution in [-0.2, 0) is 4.74 Å². The third-order valence-electron chi connectivity index (χ3n) is 2.27. The number of benzene rings is 1. The molecule has 0 atom stereocenters. The van der Waals surface area contributed by atoms with Crippen LogP contribution in [0.25, 0.3) is 0 Å². The van der Waals surface area contributed by atoms with E-state index in [9.17, 15) is 0 Å². The van der Waals surface area contributed by atoms with E-state index in [4.69, 9.17) is 10.00 Å². The standard InChI is InChI=1S/C14H18N2OS/c1-11(2)10-17-8-7-16-13-5-4-6-14(18-3)12(13)9-15/h4-6,16H,1,7-8,10H2,2-3H3. The van der Waals surface area contributed by atoms with Gasteiger partial charge in [0.2, 0.25) is 0 Å². The van der Waals surface area contributed by atoms with Gasteiger partial charge in [0.15, 0.2) is 0 Å². The molecule has 1 N–H and O–H groups in total. The fraction of sp³-hybridized carbons (Fsp3) is 0.357. The first-order valence-electron chi connectivity index (χ1n) is 5.72. The lowest BCUT2D eigenvalue weighted by molar-refractivity contribution is 0.167. The summed E-state index contributed by atoms with van der Waals surface area (Å²) in [5, 5.41) is 12.4. The third-order valence-corrected chi connectivity index (χ3v) is 3.05. The van der Waals surface area contributed by atoms with Crippen molar-refractivity contribution in [3.8, 4) is 6.07 Å². The van der Waals surface area contributed by atoms with Crippen molar-refractivity contribution in [3.05, 3.63) is 35.9 Å². The first-order valence-corrected chi connectivity index (χ1v) is 6.94. The van der Waals surface area contributed by atoms with Crippen LogP contribution in [-0.4, -0.2) is 26.0 Å². The summed E-state index contributed by atoms with van der Waals surface area (Å²) in [5.74, 6) is 0. The molecule has 0 aliphatic carbocycles. The SMILES string of the molecule is C=C(C)COCCNc1cccc(SC)c1C#N. The van der Waals surface area contributed by atoms with E-state index in [-0.39, 0.29) is 0 Å². The maximum atomic E-state index is 9.16. The van der Waals surface area contributed by atoms with E-state index in [1.54, 1.807) is 11.8 Å². The normalized spacial score (nSPS) is 9.83. The van der Waals surface area contributed by atoms with Crippen LogP contribution in [0, 0.1) is 11.3 Å². The summed E-state index contributed by atoms with van der Waals surface area (Å²) in [5.41, 5.74) is 2.57. The van der Waals surface area contributed by atoms with Crippen molar-refractivity contribution >= 4 is 17.4 Å². The second-order valence-electron chi connectivity index (χ2n) is 3.93. The molecule has 0 amide bonds. The molecule has 1 aromatic rings. The number of rotatable bonds is 7. The summed E-state index contributed by atoms with van der Waals surface area (Å²) in [7, 11) is 0. The highest BCUT2D eigenvalue weighted by atomic mass is 32.2. The van der Waals surface area contributed by atoms with Gasteiger partial charge in [0.25, 0.3) is 0 Å². The van der Waals surface area contributed by atoms with Crippen LogP contribution < -0.4 is 5.32 Å². The molecule has 3 nitrogen and oxygen atoms in total. The number of hydrogen-bond acceptors (Lipinski definition) is 4. The quantitative estimate of drug-likeness (QED) is 0.465. The topological polar surface area (TPSA) is 45.0 Å². The molecule has 96 valence electrons. The van der Waals surface area contributed by atoms with Gasteiger partial charge in [-0.25, -0.2) is 0 Å². The van der Waals surface area contributed by atoms with Crippen LogP contribution in [0.2, 0.25) is 0 Å². The molecule has 0 aliphatic rings. The molecule has 0 aromatic heterocycles. The third kappa shape index (κ3) is 4.44. The second kappa shape index (κ2) is 7.80. The molecule has 4 heteroatoms. The van der Waals surface area contributed by atoms with Crippen LogP contribution in [0.4, 0.5) is 5.69 Å². The molecular formula is C14H18N2OS. The molecule has 0 spiro atoms. The molecule has 0 saturated carbocycles. The van der Waals surface area contributed by atoms with Gasteiger partial charge in [-0.15, -0.1) is 11.8 Å². The summed E-state index contributed by atoms with van der Waals surface area (Å²) in [6, 6.07) is 8.05. The van der Waals surface area contributed by atoms with E-state index in [0.717, 1.165) is 16.2 Å². The van der Waals surface area contributed by atoms with E-state index in [1.165, 1.54) is 0 Å². The second-order valence-corrected chi connectivity index (χ2v) is 4.78. The number of hydrogen-bond donors (Lipinski definition) is 1. The van der Waals surface area contributed by atoms with Gasteiger partial charge in [-0.1, -0.05) is 18.2 Å². The minimum absolute atomic E-state index is 0.581. The molecule has 1 rings (SSSR count). The maximum Gasteiger partial charge on any atom is 0.102 e. The first kappa shape index (κ1) is 14.6. The van der Waals surface area contributed by atoms with E-state index in [0.29, 0.717) is 25.3 Å². The van der Waals surface area contributed by atoms with Crippen molar-refractivity contribution in [2.75, 3.05) is 31.3 Å². The minimum Gasteiger partial charge on any atom is -0.382 e. The Hall–Kier alpha value is -1.44. The lowest BCUT2D eigenvalue weighted by Gasteiger charge is -2.10. The number of anilines is 1. The van der Waals surface area contributed by atoms with Crippen LogP contribution in [0.15, 0.2) is 35.2 Å². The molecule has 0 radical (unpaired) electrons. The van der Waals surface area contributed by atoms with Gasteiger partial charge < -0.3 is 10.1 Å². The van der Waals surface area contributed by atoms with E-state index in [1.807, 2.05) is 31.4 Å². The maximum absolute atomic E-state index is 9.16. The van der Waals surface area contributed by atoms with Gasteiger partial charge in [-0.3, -0.25) is 0 Å². The zero-order chi connectivity index (χ0) is 13.4. The van der Waals surface area contributed by atoms with Crippen molar-refractivity contribution in [2.24, 2.45) is 0 Å². The average molecular weight is 262 g/mol. The van der Waals surface area contributed by atoms with Crippen molar-refractivity contribution in [1.82, 2.24) is 0 Å². The average Bonchev–Trinajstić information content (AvgIpc) is 2.37. The lowest BCUT2D eigenvalue weighted by Crippen LogP contribution is -2.11. The summed E-state index contributed by atoms with van der Waals surface area (Å²) >= 11 is 1.58. The summed E-state index contributed by atoms with van der Waals surface area (Å²) < 4.78 is 5.40. The van der Waals surface area contributed by atoms with Crippen molar-refractivity contribution in [3.63, 3.8) is 0 Å². The zero-order valence-electron chi connectivity index (χ0n) is 10.8. The van der Waals surface area contributed by atoms with E-state index in [2.05, 4.69) is 18.0 Å². The molecule has 18 heavy (non-hydrogen) atoms. The van der Waals surface area contributed by atoms with Crippen LogP contribution in [0.3, 0.4) is 0 Å². The Kier molecular flexibility index (Phi) is 6.34. The Labute approximate surface area is 113 Å². The molecule has 0 unspecified atom stereocenters. The number of nitriles is 1. The minimum atomic E-state index is 0.581. The van der Waals surface area contributed by atoms with Gasteiger partial charge in [0, 0.05) is 11.4 Å². The molecule has 1 aromatic carbocycles. The van der Waals surface area contributed by atoms with Gasteiger partial charge >= 0.3 is 0 Å². The Morgan fingerprint density at radius 2 is 2.33 bits per heavy atom. The molecule has 0 heterocycles. The summed E-state index contributed by atoms with van der Waals surface area (Å²) in [6.45, 7) is 7.56. The smallest absolute Gasteiger partial charge is 0.102 e. The number of nitrogens with one attached hydrogen (secondary N) is 1. The van der Waals surface area contributed by atoms with E-state index >= 15 is 0 Å². The van der Waals surface area contributed by atoms with Crippen molar-refractivity contribution < 1.29 is 4.74 Å². The Morgan fingerprint density at radius 3 is 2.94 bits per heavy atom. The van der Waals surface area contributed by atoms with Crippen molar-refractivity contribution in [1.29, 1.82) is 5.26 Å². The molecule has 0 fully saturated rings. The van der Waals surface area contributed by atoms with E-state index < -0.39 is 0 Å². The number of thioether (sulfide) groups is 1. The predicted molar refractivity (Wildman–Crippen MR) is 77.1 cm³/mol. The lowest BCUT2D eigenvalue weighted by atomic mass is 10.2. The molecule has 0 aliphatic heterocycles. The van der Waals surface area contributed by atoms with Crippen molar-refractivity contribution in [2.45, 2.75) is 11.8 Å². The van der Waals surface area contributed by atoms with Crippen LogP contribution in [0.5, 0.6) is 0 Å². The van der Waals surface area contributed by atoms with Gasteiger partial charge in [0.05, 0.1) is 24.5 Å². The highest BCUT2D eigenvalue weighted by Gasteiger charge is 2.06. The fourth-order valence-corrected chi connectivity index (χ4v) is 2.04. The zero-order valence-corrected chi connectivity index (χ0v) is 11.6. The predicted octanol–water partition coefficient (Wildman–Crippen LogP) is 3.28. The van der Waals surface area contributed by atoms with Crippen LogP contribution in [0.1, 0.15) is 12.5 Å². The Balaban J connectivity index is 2.52. The molecule has 0 saturated heterocycles. The highest BCUT2D eigenvalue weighted by Crippen LogP contribution is 2.25. The largest absolute Gasteiger partial charge is 0.382 e. The summed E-state index contributed by atoms with van der Waals surface area (Å²) in [6.07, 6.45) is 1.97. The number of ether oxygens (including phenoxy) is 1. The molecular weight excluding hydrogens is 244 g/mol. The monoisotopic (exact) mass is 262 g/mol. The summed E-state index contributed by atoms with van der Waals surface area (Å²) in [4.78, 5) is 0.991. The Morgan fingerprint density at radius 1 is 1.56 bits per heavy atom. The first-order chi connectivity index (χ1) is 8.69. The highest BCUT2D eigenvalue weighted by molar-refractivity contribution is 7.98. The van der Waals surface area contributed by atoms with Gasteiger partial charge in [-0.2, -0.15) is 5.26 Å². The Bertz CT molecular complexity index is 452. The van der Waals surface area contributed by atoms with Crippen LogP contribution >= 0.6 is 11.8 Å².